The first kappa shape index (κ1) is 19.4. The minimum absolute atomic E-state index is 0.0786. The van der Waals surface area contributed by atoms with Gasteiger partial charge in [0.15, 0.2) is 5.78 Å². The number of nitro benzene ring substituents is 1. The molecule has 0 amide bonds. The van der Waals surface area contributed by atoms with E-state index in [1.54, 1.807) is 18.2 Å². The molecule has 1 aromatic carbocycles. The number of aromatic nitrogens is 2. The molecule has 1 aliphatic heterocycles. The lowest BCUT2D eigenvalue weighted by Crippen LogP contribution is -2.41. The normalized spacial score (nSPS) is 21.0. The zero-order valence-corrected chi connectivity index (χ0v) is 17.3. The zero-order valence-electron chi connectivity index (χ0n) is 17.3. The van der Waals surface area contributed by atoms with Gasteiger partial charge < -0.3 is 0 Å². The van der Waals surface area contributed by atoms with Gasteiger partial charge in [0.05, 0.1) is 10.6 Å². The summed E-state index contributed by atoms with van der Waals surface area (Å²) in [4.78, 5) is 50.9. The van der Waals surface area contributed by atoms with E-state index in [2.05, 4.69) is 0 Å². The number of nitrogens with zero attached hydrogens (tertiary/aromatic N) is 3. The molecule has 0 spiro atoms. The molecule has 0 bridgehead atoms. The molecule has 0 saturated heterocycles. The fourth-order valence-electron chi connectivity index (χ4n) is 5.02. The summed E-state index contributed by atoms with van der Waals surface area (Å²) < 4.78 is 2.78. The van der Waals surface area contributed by atoms with Crippen molar-refractivity contribution in [2.75, 3.05) is 0 Å². The van der Waals surface area contributed by atoms with Crippen LogP contribution < -0.4 is 11.1 Å². The van der Waals surface area contributed by atoms with Gasteiger partial charge in [-0.15, -0.1) is 0 Å². The summed E-state index contributed by atoms with van der Waals surface area (Å²) >= 11 is 0. The Morgan fingerprint density at radius 3 is 2.45 bits per heavy atom. The third kappa shape index (κ3) is 2.78. The monoisotopic (exact) mass is 419 g/mol. The number of nitro groups is 1. The third-order valence-corrected chi connectivity index (χ3v) is 6.36. The predicted octanol–water partition coefficient (Wildman–Crippen LogP) is 3.08. The Labute approximate surface area is 177 Å². The summed E-state index contributed by atoms with van der Waals surface area (Å²) in [5.74, 6) is -0.0990. The van der Waals surface area contributed by atoms with Crippen molar-refractivity contribution in [3.8, 4) is 0 Å². The molecular weight excluding hydrogens is 398 g/mol. The molecule has 2 aliphatic carbocycles. The standard InChI is InChI=1S/C23H21N3O5/c1-23(2)11-17-19(18(27)12-23)20(13-7-9-14(10-8-13)26(30)31)25-22(29)16-6-4-3-5-15(16)21(28)24(17)25/h4,6-10,20H,3,5,11-12H2,1-2H3. The van der Waals surface area contributed by atoms with E-state index in [1.165, 1.54) is 21.5 Å². The minimum atomic E-state index is -0.778. The average Bonchev–Trinajstić information content (AvgIpc) is 3.06. The van der Waals surface area contributed by atoms with Crippen LogP contribution in [0.2, 0.25) is 0 Å². The molecule has 158 valence electrons. The maximum atomic E-state index is 13.5. The van der Waals surface area contributed by atoms with Crippen molar-refractivity contribution < 1.29 is 9.72 Å². The lowest BCUT2D eigenvalue weighted by atomic mass is 9.74. The third-order valence-electron chi connectivity index (χ3n) is 6.36. The molecule has 5 rings (SSSR count). The first-order chi connectivity index (χ1) is 14.7. The van der Waals surface area contributed by atoms with Crippen LogP contribution in [0.1, 0.15) is 55.8 Å². The smallest absolute Gasteiger partial charge is 0.274 e. The van der Waals surface area contributed by atoms with Crippen molar-refractivity contribution >= 4 is 23.2 Å². The van der Waals surface area contributed by atoms with Crippen LogP contribution >= 0.6 is 0 Å². The number of non-ortho nitro benzene ring substituents is 1. The van der Waals surface area contributed by atoms with E-state index in [0.29, 0.717) is 53.6 Å². The topological polar surface area (TPSA) is 104 Å². The molecule has 0 radical (unpaired) electrons. The number of allylic oxidation sites excluding steroid dienone is 3. The van der Waals surface area contributed by atoms with Gasteiger partial charge in [0.25, 0.3) is 16.8 Å². The van der Waals surface area contributed by atoms with Crippen molar-refractivity contribution in [1.29, 1.82) is 0 Å². The molecule has 0 saturated carbocycles. The predicted molar refractivity (Wildman–Crippen MR) is 115 cm³/mol. The summed E-state index contributed by atoms with van der Waals surface area (Å²) in [5.41, 5.74) is 1.43. The molecule has 3 aliphatic rings. The summed E-state index contributed by atoms with van der Waals surface area (Å²) in [6.07, 6.45) is 5.54. The molecule has 0 N–H and O–H groups in total. The maximum Gasteiger partial charge on any atom is 0.274 e. The molecule has 2 heterocycles. The second kappa shape index (κ2) is 6.47. The molecular formula is C23H21N3O5. The zero-order chi connectivity index (χ0) is 22.1. The van der Waals surface area contributed by atoms with Crippen molar-refractivity contribution in [1.82, 2.24) is 9.36 Å². The number of rotatable bonds is 2. The number of Topliss-reactive ketones (excluding diaryl/α,β-unsaturated/α-hetero) is 1. The van der Waals surface area contributed by atoms with Crippen molar-refractivity contribution in [3.05, 3.63) is 83.4 Å². The Morgan fingerprint density at radius 2 is 1.77 bits per heavy atom. The number of fused-ring (bicyclic) bond motifs is 3. The Balaban J connectivity index is 1.83. The second-order valence-electron chi connectivity index (χ2n) is 9.15. The quantitative estimate of drug-likeness (QED) is 0.550. The summed E-state index contributed by atoms with van der Waals surface area (Å²) in [7, 11) is 0. The lowest BCUT2D eigenvalue weighted by molar-refractivity contribution is -0.384. The first-order valence-electron chi connectivity index (χ1n) is 10.3. The summed E-state index contributed by atoms with van der Waals surface area (Å²) in [6, 6.07) is 5.05. The van der Waals surface area contributed by atoms with Crippen molar-refractivity contribution in [3.63, 3.8) is 0 Å². The fraction of sp³-hybridized carbons (Fsp3) is 0.348. The number of hydrogen-bond acceptors (Lipinski definition) is 5. The van der Waals surface area contributed by atoms with Crippen LogP contribution in [0.15, 0.2) is 45.5 Å². The second-order valence-corrected chi connectivity index (χ2v) is 9.15. The highest BCUT2D eigenvalue weighted by atomic mass is 16.6. The molecule has 1 aromatic heterocycles. The number of ketones is 1. The van der Waals surface area contributed by atoms with Gasteiger partial charge >= 0.3 is 0 Å². The molecule has 1 unspecified atom stereocenters. The molecule has 31 heavy (non-hydrogen) atoms. The highest BCUT2D eigenvalue weighted by Gasteiger charge is 2.45. The van der Waals surface area contributed by atoms with Gasteiger partial charge in [-0.05, 0) is 42.4 Å². The van der Waals surface area contributed by atoms with Crippen LogP contribution in [0.25, 0.3) is 11.8 Å². The van der Waals surface area contributed by atoms with E-state index in [9.17, 15) is 24.5 Å². The van der Waals surface area contributed by atoms with Crippen LogP contribution in [0.5, 0.6) is 0 Å². The van der Waals surface area contributed by atoms with E-state index < -0.39 is 11.0 Å². The molecule has 8 heteroatoms. The lowest BCUT2D eigenvalue weighted by Gasteiger charge is -2.30. The minimum Gasteiger partial charge on any atom is -0.294 e. The van der Waals surface area contributed by atoms with Crippen molar-refractivity contribution in [2.45, 2.75) is 45.6 Å². The van der Waals surface area contributed by atoms with Gasteiger partial charge in [-0.3, -0.25) is 24.5 Å². The number of benzene rings is 1. The molecule has 0 fully saturated rings. The fourth-order valence-corrected chi connectivity index (χ4v) is 5.02. The van der Waals surface area contributed by atoms with Crippen molar-refractivity contribution in [2.24, 2.45) is 5.41 Å². The first-order valence-corrected chi connectivity index (χ1v) is 10.3. The van der Waals surface area contributed by atoms with E-state index in [0.717, 1.165) is 0 Å². The van der Waals surface area contributed by atoms with E-state index in [1.807, 2.05) is 19.9 Å². The Hall–Kier alpha value is -3.55. The molecule has 8 nitrogen and oxygen atoms in total. The number of carbonyl (C=O) groups is 1. The largest absolute Gasteiger partial charge is 0.294 e. The van der Waals surface area contributed by atoms with E-state index >= 15 is 0 Å². The van der Waals surface area contributed by atoms with Gasteiger partial charge in [-0.2, -0.15) is 0 Å². The number of carbonyl (C=O) groups excluding carboxylic acids is 1. The van der Waals surface area contributed by atoms with Gasteiger partial charge in [0.2, 0.25) is 0 Å². The van der Waals surface area contributed by atoms with Crippen LogP contribution in [0.3, 0.4) is 0 Å². The van der Waals surface area contributed by atoms with E-state index in [4.69, 9.17) is 0 Å². The van der Waals surface area contributed by atoms with Crippen LogP contribution in [-0.2, 0) is 11.2 Å². The van der Waals surface area contributed by atoms with Gasteiger partial charge in [-0.1, -0.05) is 26.0 Å². The average molecular weight is 419 g/mol. The number of hydrogen-bond donors (Lipinski definition) is 0. The highest BCUT2D eigenvalue weighted by molar-refractivity contribution is 6.04. The van der Waals surface area contributed by atoms with E-state index in [-0.39, 0.29) is 28.0 Å². The Morgan fingerprint density at radius 1 is 1.06 bits per heavy atom. The Kier molecular flexibility index (Phi) is 4.05. The van der Waals surface area contributed by atoms with Crippen LogP contribution in [0.4, 0.5) is 5.69 Å². The highest BCUT2D eigenvalue weighted by Crippen LogP contribution is 2.46. The SMILES string of the molecule is CC1(C)CC(=O)C2=C(C1)n1c(=O)c3c(c(=O)n1C2c1ccc([N+](=O)[O-])cc1)C=CCC3. The Bertz CT molecular complexity index is 1340. The van der Waals surface area contributed by atoms with Crippen LogP contribution in [0, 0.1) is 15.5 Å². The van der Waals surface area contributed by atoms with Gasteiger partial charge in [0.1, 0.15) is 6.04 Å². The summed E-state index contributed by atoms with van der Waals surface area (Å²) in [6.45, 7) is 3.95. The van der Waals surface area contributed by atoms with Gasteiger partial charge in [-0.25, -0.2) is 9.36 Å². The summed E-state index contributed by atoms with van der Waals surface area (Å²) in [5, 5.41) is 11.1. The van der Waals surface area contributed by atoms with Gasteiger partial charge in [0, 0.05) is 35.3 Å². The maximum absolute atomic E-state index is 13.5. The molecule has 1 atom stereocenters. The molecule has 2 aromatic rings. The van der Waals surface area contributed by atoms with Crippen LogP contribution in [-0.4, -0.2) is 20.1 Å².